The fourth-order valence-electron chi connectivity index (χ4n) is 3.68. The van der Waals surface area contributed by atoms with E-state index >= 15 is 0 Å². The summed E-state index contributed by atoms with van der Waals surface area (Å²) in [5.74, 6) is 1.58. The summed E-state index contributed by atoms with van der Waals surface area (Å²) in [6.07, 6.45) is 7.36. The van der Waals surface area contributed by atoms with Crippen LogP contribution in [0.15, 0.2) is 29.8 Å². The third-order valence-electron chi connectivity index (χ3n) is 5.01. The first-order chi connectivity index (χ1) is 14.3. The second-order valence-corrected chi connectivity index (χ2v) is 10.8. The number of aryl methyl sites for hydroxylation is 3. The third kappa shape index (κ3) is 4.68. The van der Waals surface area contributed by atoms with Gasteiger partial charge in [0.25, 0.3) is 10.0 Å². The number of anilines is 2. The minimum Gasteiger partial charge on any atom is -0.339 e. The average molecular weight is 448 g/mol. The summed E-state index contributed by atoms with van der Waals surface area (Å²) < 4.78 is 29.0. The van der Waals surface area contributed by atoms with Crippen LogP contribution in [0.1, 0.15) is 29.2 Å². The lowest BCUT2D eigenvalue weighted by Gasteiger charge is -2.31. The fraction of sp³-hybridized carbons (Fsp3) is 0.474. The Morgan fingerprint density at radius 3 is 2.80 bits per heavy atom. The third-order valence-corrected chi connectivity index (χ3v) is 7.59. The highest BCUT2D eigenvalue weighted by atomic mass is 32.2. The lowest BCUT2D eigenvalue weighted by atomic mass is 9.94. The highest BCUT2D eigenvalue weighted by Crippen LogP contribution is 2.26. The van der Waals surface area contributed by atoms with Gasteiger partial charge in [-0.2, -0.15) is 4.31 Å². The van der Waals surface area contributed by atoms with Gasteiger partial charge in [0.2, 0.25) is 0 Å². The van der Waals surface area contributed by atoms with Crippen molar-refractivity contribution in [3.63, 3.8) is 0 Å². The van der Waals surface area contributed by atoms with Gasteiger partial charge in [0.15, 0.2) is 10.2 Å². The molecule has 1 atom stereocenters. The van der Waals surface area contributed by atoms with Gasteiger partial charge in [-0.1, -0.05) is 0 Å². The molecule has 4 heterocycles. The number of aromatic nitrogens is 5. The van der Waals surface area contributed by atoms with Gasteiger partial charge in [-0.05, 0) is 39.0 Å². The van der Waals surface area contributed by atoms with Gasteiger partial charge in [-0.15, -0.1) is 11.3 Å². The van der Waals surface area contributed by atoms with Crippen molar-refractivity contribution >= 4 is 32.3 Å². The maximum absolute atomic E-state index is 12.9. The van der Waals surface area contributed by atoms with Crippen LogP contribution >= 0.6 is 11.3 Å². The van der Waals surface area contributed by atoms with Crippen molar-refractivity contribution in [2.45, 2.75) is 38.1 Å². The van der Waals surface area contributed by atoms with E-state index in [1.165, 1.54) is 6.33 Å². The van der Waals surface area contributed by atoms with Crippen LogP contribution in [0.5, 0.6) is 0 Å². The Bertz CT molecular complexity index is 1140. The molecule has 0 bridgehead atoms. The lowest BCUT2D eigenvalue weighted by Crippen LogP contribution is -2.40. The van der Waals surface area contributed by atoms with Crippen molar-refractivity contribution in [1.29, 1.82) is 0 Å². The largest absolute Gasteiger partial charge is 0.339 e. The van der Waals surface area contributed by atoms with Gasteiger partial charge in [-0.3, -0.25) is 0 Å². The first-order valence-electron chi connectivity index (χ1n) is 9.82. The molecule has 0 aliphatic carbocycles. The van der Waals surface area contributed by atoms with Crippen molar-refractivity contribution in [2.75, 3.05) is 18.4 Å². The number of rotatable bonds is 6. The summed E-state index contributed by atoms with van der Waals surface area (Å²) in [5.41, 5.74) is 0.903. The molecular weight excluding hydrogens is 422 g/mol. The molecule has 0 saturated carbocycles. The van der Waals surface area contributed by atoms with Crippen molar-refractivity contribution in [1.82, 2.24) is 28.8 Å². The highest BCUT2D eigenvalue weighted by Gasteiger charge is 2.32. The van der Waals surface area contributed by atoms with Crippen LogP contribution in [0, 0.1) is 19.8 Å². The predicted octanol–water partition coefficient (Wildman–Crippen LogP) is 2.67. The maximum atomic E-state index is 12.9. The topological polar surface area (TPSA) is 106 Å². The maximum Gasteiger partial charge on any atom is 0.262 e. The van der Waals surface area contributed by atoms with E-state index in [-0.39, 0.29) is 10.9 Å². The molecule has 1 saturated heterocycles. The molecule has 0 unspecified atom stereocenters. The van der Waals surface area contributed by atoms with E-state index in [4.69, 9.17) is 0 Å². The molecule has 1 aliphatic heterocycles. The zero-order valence-corrected chi connectivity index (χ0v) is 18.9. The summed E-state index contributed by atoms with van der Waals surface area (Å²) in [4.78, 5) is 18.5. The Labute approximate surface area is 180 Å². The second kappa shape index (κ2) is 8.40. The Morgan fingerprint density at radius 1 is 1.27 bits per heavy atom. The second-order valence-electron chi connectivity index (χ2n) is 7.65. The molecule has 0 radical (unpaired) electrons. The molecule has 160 valence electrons. The Morgan fingerprint density at radius 2 is 2.10 bits per heavy atom. The summed E-state index contributed by atoms with van der Waals surface area (Å²) in [6.45, 7) is 4.86. The number of nitrogens with one attached hydrogen (secondary N) is 1. The lowest BCUT2D eigenvalue weighted by molar-refractivity contribution is 0.263. The molecular formula is C19H25N7O2S2. The van der Waals surface area contributed by atoms with Gasteiger partial charge in [-0.25, -0.2) is 28.4 Å². The van der Waals surface area contributed by atoms with Gasteiger partial charge < -0.3 is 9.88 Å². The quantitative estimate of drug-likeness (QED) is 0.619. The smallest absolute Gasteiger partial charge is 0.262 e. The predicted molar refractivity (Wildman–Crippen MR) is 115 cm³/mol. The van der Waals surface area contributed by atoms with E-state index in [2.05, 4.69) is 25.3 Å². The standard InChI is InChI=1S/C19H25N7O2S2/c1-13-9-20-19(29-13)24-17-8-16(22-14(2)23-17)7-15-5-4-6-26(10-15)30(27,28)18-11-25(3)12-21-18/h8-9,11-12,15H,4-7,10H2,1-3H3,(H,20,22,23,24)/t15-/m0/s1. The zero-order chi connectivity index (χ0) is 21.3. The minimum atomic E-state index is -3.57. The van der Waals surface area contributed by atoms with Gasteiger partial charge in [0.1, 0.15) is 11.6 Å². The minimum absolute atomic E-state index is 0.105. The van der Waals surface area contributed by atoms with Crippen molar-refractivity contribution in [3.05, 3.63) is 41.2 Å². The van der Waals surface area contributed by atoms with Crippen LogP contribution in [0.25, 0.3) is 0 Å². The molecule has 1 N–H and O–H groups in total. The van der Waals surface area contributed by atoms with E-state index in [0.29, 0.717) is 31.2 Å². The molecule has 1 aliphatic rings. The molecule has 3 aromatic heterocycles. The molecule has 1 fully saturated rings. The number of imidazole rings is 1. The van der Waals surface area contributed by atoms with Gasteiger partial charge >= 0.3 is 0 Å². The molecule has 4 rings (SSSR count). The average Bonchev–Trinajstić information content (AvgIpc) is 3.30. The molecule has 11 heteroatoms. The van der Waals surface area contributed by atoms with Crippen molar-refractivity contribution in [3.8, 4) is 0 Å². The van der Waals surface area contributed by atoms with Gasteiger partial charge in [0.05, 0.1) is 6.33 Å². The normalized spacial score (nSPS) is 17.9. The van der Waals surface area contributed by atoms with E-state index in [0.717, 1.165) is 28.5 Å². The zero-order valence-electron chi connectivity index (χ0n) is 17.2. The number of thiazole rings is 1. The Kier molecular flexibility index (Phi) is 5.85. The van der Waals surface area contributed by atoms with Crippen LogP contribution in [-0.2, 0) is 23.5 Å². The Balaban J connectivity index is 1.47. The number of sulfonamides is 1. The highest BCUT2D eigenvalue weighted by molar-refractivity contribution is 7.89. The van der Waals surface area contributed by atoms with E-state index < -0.39 is 10.0 Å². The van der Waals surface area contributed by atoms with Crippen molar-refractivity contribution < 1.29 is 8.42 Å². The first kappa shape index (κ1) is 20.9. The van der Waals surface area contributed by atoms with E-state index in [1.54, 1.807) is 33.5 Å². The van der Waals surface area contributed by atoms with Crippen LogP contribution in [0.4, 0.5) is 10.9 Å². The van der Waals surface area contributed by atoms with Crippen molar-refractivity contribution in [2.24, 2.45) is 13.0 Å². The summed E-state index contributed by atoms with van der Waals surface area (Å²) in [7, 11) is -1.81. The molecule has 3 aromatic rings. The molecule has 0 spiro atoms. The summed E-state index contributed by atoms with van der Waals surface area (Å²) >= 11 is 1.57. The van der Waals surface area contributed by atoms with Crippen LogP contribution in [0.2, 0.25) is 0 Å². The molecule has 30 heavy (non-hydrogen) atoms. The van der Waals surface area contributed by atoms with Crippen LogP contribution in [0.3, 0.4) is 0 Å². The summed E-state index contributed by atoms with van der Waals surface area (Å²) in [6, 6.07) is 1.93. The monoisotopic (exact) mass is 447 g/mol. The first-order valence-corrected chi connectivity index (χ1v) is 12.1. The molecule has 0 aromatic carbocycles. The SMILES string of the molecule is Cc1nc(C[C@@H]2CCCN(S(=O)(=O)c3cn(C)cn3)C2)cc(Nc2ncc(C)s2)n1. The number of hydrogen-bond acceptors (Lipinski definition) is 8. The number of hydrogen-bond donors (Lipinski definition) is 1. The molecule has 0 amide bonds. The van der Waals surface area contributed by atoms with E-state index in [9.17, 15) is 8.42 Å². The molecule has 9 nitrogen and oxygen atoms in total. The van der Waals surface area contributed by atoms with Crippen LogP contribution < -0.4 is 5.32 Å². The Hall–Kier alpha value is -2.37. The van der Waals surface area contributed by atoms with Crippen LogP contribution in [-0.4, -0.2) is 50.3 Å². The van der Waals surface area contributed by atoms with Gasteiger partial charge in [0, 0.05) is 49.2 Å². The fourth-order valence-corrected chi connectivity index (χ4v) is 5.87. The van der Waals surface area contributed by atoms with E-state index in [1.807, 2.05) is 26.1 Å². The number of nitrogens with zero attached hydrogens (tertiary/aromatic N) is 6. The number of piperidine rings is 1. The summed E-state index contributed by atoms with van der Waals surface area (Å²) in [5, 5.41) is 4.14.